The number of benzene rings is 2. The van der Waals surface area contributed by atoms with Gasteiger partial charge in [-0.05, 0) is 31.9 Å². The molecule has 0 spiro atoms. The normalized spacial score (nSPS) is 13.7. The second-order valence-electron chi connectivity index (χ2n) is 7.09. The first kappa shape index (κ1) is 20.1. The Labute approximate surface area is 157 Å². The maximum absolute atomic E-state index is 12.8. The van der Waals surface area contributed by atoms with Crippen molar-refractivity contribution in [1.82, 2.24) is 9.80 Å². The summed E-state index contributed by atoms with van der Waals surface area (Å²) in [6.07, 6.45) is -0.702. The molecule has 4 heteroatoms. The number of aliphatic hydroxyl groups is 1. The van der Waals surface area contributed by atoms with Crippen molar-refractivity contribution in [3.63, 3.8) is 0 Å². The van der Waals surface area contributed by atoms with Gasteiger partial charge in [-0.2, -0.15) is 0 Å². The van der Waals surface area contributed by atoms with Gasteiger partial charge in [0.15, 0.2) is 0 Å². The number of carbonyl (C=O) groups excluding carboxylic acids is 1. The van der Waals surface area contributed by atoms with Gasteiger partial charge >= 0.3 is 0 Å². The minimum absolute atomic E-state index is 0.0112. The standard InChI is InChI=1S/C22H30N2O2/c1-17(2)24(15-19-11-7-5-8-12-19)16-21(25)23(4)18(3)22(26)20-13-9-6-10-14-20/h5-14,17-18,22,26H,15-16H2,1-4H3/t18-,22+/m0/s1. The smallest absolute Gasteiger partial charge is 0.236 e. The molecule has 0 aromatic heterocycles. The topological polar surface area (TPSA) is 43.8 Å². The van der Waals surface area contributed by atoms with Crippen molar-refractivity contribution in [2.75, 3.05) is 13.6 Å². The predicted molar refractivity (Wildman–Crippen MR) is 106 cm³/mol. The fraction of sp³-hybridized carbons (Fsp3) is 0.409. The molecule has 1 amide bonds. The quantitative estimate of drug-likeness (QED) is 0.789. The molecule has 2 rings (SSSR count). The molecule has 0 aliphatic rings. The lowest BCUT2D eigenvalue weighted by molar-refractivity contribution is -0.135. The van der Waals surface area contributed by atoms with Crippen LogP contribution < -0.4 is 0 Å². The van der Waals surface area contributed by atoms with Crippen LogP contribution in [0.15, 0.2) is 60.7 Å². The highest BCUT2D eigenvalue weighted by Crippen LogP contribution is 2.20. The minimum Gasteiger partial charge on any atom is -0.386 e. The summed E-state index contributed by atoms with van der Waals surface area (Å²) < 4.78 is 0. The van der Waals surface area contributed by atoms with Crippen LogP contribution in [0.25, 0.3) is 0 Å². The zero-order valence-electron chi connectivity index (χ0n) is 16.2. The van der Waals surface area contributed by atoms with Gasteiger partial charge in [0.25, 0.3) is 0 Å². The monoisotopic (exact) mass is 354 g/mol. The highest BCUT2D eigenvalue weighted by molar-refractivity contribution is 5.78. The van der Waals surface area contributed by atoms with Gasteiger partial charge in [0.1, 0.15) is 0 Å². The molecule has 0 bridgehead atoms. The molecule has 1 N–H and O–H groups in total. The zero-order valence-corrected chi connectivity index (χ0v) is 16.2. The van der Waals surface area contributed by atoms with Crippen LogP contribution in [0.1, 0.15) is 38.0 Å². The Hall–Kier alpha value is -2.17. The minimum atomic E-state index is -0.702. The fourth-order valence-corrected chi connectivity index (χ4v) is 2.89. The van der Waals surface area contributed by atoms with E-state index in [2.05, 4.69) is 30.9 Å². The highest BCUT2D eigenvalue weighted by Gasteiger charge is 2.25. The Balaban J connectivity index is 2.01. The lowest BCUT2D eigenvalue weighted by Crippen LogP contribution is -2.46. The highest BCUT2D eigenvalue weighted by atomic mass is 16.3. The number of carbonyl (C=O) groups is 1. The Bertz CT molecular complexity index is 673. The number of amides is 1. The van der Waals surface area contributed by atoms with E-state index < -0.39 is 6.10 Å². The first-order valence-electron chi connectivity index (χ1n) is 9.16. The SMILES string of the molecule is CC(C)N(CC(=O)N(C)[C@@H](C)[C@@H](O)c1ccccc1)Cc1ccccc1. The number of hydrogen-bond acceptors (Lipinski definition) is 3. The van der Waals surface area contributed by atoms with Crippen LogP contribution in [0.2, 0.25) is 0 Å². The summed E-state index contributed by atoms with van der Waals surface area (Å²) in [6.45, 7) is 7.13. The van der Waals surface area contributed by atoms with Crippen LogP contribution in [0.4, 0.5) is 0 Å². The fourth-order valence-electron chi connectivity index (χ4n) is 2.89. The summed E-state index contributed by atoms with van der Waals surface area (Å²) >= 11 is 0. The van der Waals surface area contributed by atoms with Gasteiger partial charge in [0, 0.05) is 19.6 Å². The van der Waals surface area contributed by atoms with E-state index in [1.165, 1.54) is 5.56 Å². The number of likely N-dealkylation sites (N-methyl/N-ethyl adjacent to an activating group) is 1. The lowest BCUT2D eigenvalue weighted by atomic mass is 10.0. The molecule has 140 valence electrons. The number of hydrogen-bond donors (Lipinski definition) is 1. The molecule has 0 unspecified atom stereocenters. The lowest BCUT2D eigenvalue weighted by Gasteiger charge is -2.33. The van der Waals surface area contributed by atoms with Crippen molar-refractivity contribution in [3.05, 3.63) is 71.8 Å². The van der Waals surface area contributed by atoms with E-state index in [-0.39, 0.29) is 18.0 Å². The van der Waals surface area contributed by atoms with Gasteiger partial charge in [-0.15, -0.1) is 0 Å². The number of rotatable bonds is 8. The van der Waals surface area contributed by atoms with E-state index >= 15 is 0 Å². The summed E-state index contributed by atoms with van der Waals surface area (Å²) in [5, 5.41) is 10.6. The van der Waals surface area contributed by atoms with Gasteiger partial charge in [-0.25, -0.2) is 0 Å². The van der Waals surface area contributed by atoms with E-state index in [4.69, 9.17) is 0 Å². The molecule has 0 aliphatic heterocycles. The van der Waals surface area contributed by atoms with E-state index in [0.717, 1.165) is 12.1 Å². The third-order valence-corrected chi connectivity index (χ3v) is 4.90. The summed E-state index contributed by atoms with van der Waals surface area (Å²) in [7, 11) is 1.76. The second kappa shape index (κ2) is 9.51. The largest absolute Gasteiger partial charge is 0.386 e. The van der Waals surface area contributed by atoms with Crippen LogP contribution in [-0.4, -0.2) is 46.5 Å². The third-order valence-electron chi connectivity index (χ3n) is 4.90. The van der Waals surface area contributed by atoms with E-state index in [0.29, 0.717) is 6.54 Å². The van der Waals surface area contributed by atoms with E-state index in [1.54, 1.807) is 11.9 Å². The average molecular weight is 354 g/mol. The molecule has 4 nitrogen and oxygen atoms in total. The molecular formula is C22H30N2O2. The van der Waals surface area contributed by atoms with E-state index in [9.17, 15) is 9.90 Å². The van der Waals surface area contributed by atoms with Crippen LogP contribution in [0.5, 0.6) is 0 Å². The summed E-state index contributed by atoms with van der Waals surface area (Å²) in [5.41, 5.74) is 2.01. The van der Waals surface area contributed by atoms with Gasteiger partial charge < -0.3 is 10.0 Å². The predicted octanol–water partition coefficient (Wildman–Crippen LogP) is 3.48. The molecule has 2 aromatic carbocycles. The molecule has 2 aromatic rings. The first-order valence-corrected chi connectivity index (χ1v) is 9.16. The van der Waals surface area contributed by atoms with Crippen molar-refractivity contribution in [1.29, 1.82) is 0 Å². The third kappa shape index (κ3) is 5.41. The van der Waals surface area contributed by atoms with Crippen molar-refractivity contribution in [2.45, 2.75) is 45.5 Å². The van der Waals surface area contributed by atoms with Crippen molar-refractivity contribution < 1.29 is 9.90 Å². The van der Waals surface area contributed by atoms with Crippen LogP contribution >= 0.6 is 0 Å². The molecule has 0 saturated heterocycles. The molecule has 2 atom stereocenters. The van der Waals surface area contributed by atoms with Gasteiger partial charge in [0.05, 0.1) is 18.7 Å². The Kier molecular flexibility index (Phi) is 7.37. The Morgan fingerprint density at radius 1 is 0.962 bits per heavy atom. The van der Waals surface area contributed by atoms with Crippen molar-refractivity contribution in [2.24, 2.45) is 0 Å². The molecule has 0 fully saturated rings. The van der Waals surface area contributed by atoms with Crippen LogP contribution in [0, 0.1) is 0 Å². The molecule has 0 saturated carbocycles. The van der Waals surface area contributed by atoms with Crippen molar-refractivity contribution in [3.8, 4) is 0 Å². The van der Waals surface area contributed by atoms with Crippen LogP contribution in [-0.2, 0) is 11.3 Å². The Morgan fingerprint density at radius 2 is 1.50 bits per heavy atom. The number of nitrogens with zero attached hydrogens (tertiary/aromatic N) is 2. The second-order valence-corrected chi connectivity index (χ2v) is 7.09. The zero-order chi connectivity index (χ0) is 19.1. The number of aliphatic hydroxyl groups excluding tert-OH is 1. The Morgan fingerprint density at radius 3 is 2.04 bits per heavy atom. The molecular weight excluding hydrogens is 324 g/mol. The van der Waals surface area contributed by atoms with Gasteiger partial charge in [0.2, 0.25) is 5.91 Å². The maximum atomic E-state index is 12.8. The van der Waals surface area contributed by atoms with Gasteiger partial charge in [-0.3, -0.25) is 9.69 Å². The first-order chi connectivity index (χ1) is 12.4. The van der Waals surface area contributed by atoms with Crippen molar-refractivity contribution >= 4 is 5.91 Å². The summed E-state index contributed by atoms with van der Waals surface area (Å²) in [5.74, 6) is 0.0112. The van der Waals surface area contributed by atoms with Crippen LogP contribution in [0.3, 0.4) is 0 Å². The molecule has 0 radical (unpaired) electrons. The summed E-state index contributed by atoms with van der Waals surface area (Å²) in [6, 6.07) is 19.6. The average Bonchev–Trinajstić information content (AvgIpc) is 2.67. The van der Waals surface area contributed by atoms with Gasteiger partial charge in [-0.1, -0.05) is 60.7 Å². The van der Waals surface area contributed by atoms with E-state index in [1.807, 2.05) is 55.5 Å². The molecule has 0 aliphatic carbocycles. The summed E-state index contributed by atoms with van der Waals surface area (Å²) in [4.78, 5) is 16.6. The maximum Gasteiger partial charge on any atom is 0.236 e. The molecule has 26 heavy (non-hydrogen) atoms. The molecule has 0 heterocycles.